The Balaban J connectivity index is 0.915. The number of furan rings is 2. The van der Waals surface area contributed by atoms with Crippen molar-refractivity contribution in [3.8, 4) is 44.7 Å². The van der Waals surface area contributed by atoms with Crippen molar-refractivity contribution in [1.82, 2.24) is 0 Å². The fourth-order valence-electron chi connectivity index (χ4n) is 8.08. The van der Waals surface area contributed by atoms with Gasteiger partial charge in [0.1, 0.15) is 22.5 Å². The van der Waals surface area contributed by atoms with Gasteiger partial charge in [-0.05, 0) is 129 Å². The van der Waals surface area contributed by atoms with Gasteiger partial charge in [0.05, 0.1) is 0 Å². The second-order valence-corrected chi connectivity index (χ2v) is 14.6. The molecular formula is C54H35NO2. The third-order valence-electron chi connectivity index (χ3n) is 11.1. The lowest BCUT2D eigenvalue weighted by molar-refractivity contribution is 0.631. The van der Waals surface area contributed by atoms with E-state index < -0.39 is 0 Å². The Labute approximate surface area is 330 Å². The smallest absolute Gasteiger partial charge is 0.135 e. The Morgan fingerprint density at radius 3 is 1.37 bits per heavy atom. The molecule has 0 amide bonds. The van der Waals surface area contributed by atoms with Crippen LogP contribution in [0.4, 0.5) is 17.1 Å². The maximum atomic E-state index is 6.20. The van der Waals surface area contributed by atoms with Gasteiger partial charge in [-0.1, -0.05) is 127 Å². The molecule has 0 saturated carbocycles. The van der Waals surface area contributed by atoms with Crippen LogP contribution in [0.25, 0.3) is 88.4 Å². The van der Waals surface area contributed by atoms with Gasteiger partial charge >= 0.3 is 0 Å². The van der Waals surface area contributed by atoms with Crippen molar-refractivity contribution in [3.05, 3.63) is 212 Å². The number of hydrogen-bond acceptors (Lipinski definition) is 3. The zero-order valence-corrected chi connectivity index (χ0v) is 31.0. The van der Waals surface area contributed by atoms with Crippen LogP contribution in [-0.4, -0.2) is 0 Å². The van der Waals surface area contributed by atoms with E-state index in [9.17, 15) is 0 Å². The summed E-state index contributed by atoms with van der Waals surface area (Å²) in [7, 11) is 0. The third-order valence-corrected chi connectivity index (χ3v) is 11.1. The van der Waals surface area contributed by atoms with E-state index in [1.54, 1.807) is 0 Å². The summed E-state index contributed by atoms with van der Waals surface area (Å²) < 4.78 is 12.3. The highest BCUT2D eigenvalue weighted by atomic mass is 16.3. The van der Waals surface area contributed by atoms with Gasteiger partial charge in [0.15, 0.2) is 0 Å². The Hall–Kier alpha value is -7.62. The molecule has 0 radical (unpaired) electrons. The van der Waals surface area contributed by atoms with E-state index in [0.29, 0.717) is 0 Å². The van der Waals surface area contributed by atoms with Crippen LogP contribution < -0.4 is 4.90 Å². The number of para-hydroxylation sites is 2. The number of nitrogens with zero attached hydrogens (tertiary/aromatic N) is 1. The van der Waals surface area contributed by atoms with E-state index in [1.165, 1.54) is 38.6 Å². The summed E-state index contributed by atoms with van der Waals surface area (Å²) in [6.45, 7) is 0. The van der Waals surface area contributed by atoms with Crippen LogP contribution in [0.15, 0.2) is 221 Å². The summed E-state index contributed by atoms with van der Waals surface area (Å²) in [6, 6.07) is 75.3. The Kier molecular flexibility index (Phi) is 7.82. The highest BCUT2D eigenvalue weighted by Crippen LogP contribution is 2.39. The molecule has 11 aromatic rings. The summed E-state index contributed by atoms with van der Waals surface area (Å²) in [5.74, 6) is 0.861. The molecule has 0 N–H and O–H groups in total. The van der Waals surface area contributed by atoms with Crippen LogP contribution >= 0.6 is 0 Å². The first-order valence-corrected chi connectivity index (χ1v) is 19.3. The summed E-state index contributed by atoms with van der Waals surface area (Å²) in [4.78, 5) is 2.31. The molecule has 268 valence electrons. The fraction of sp³-hybridized carbons (Fsp3) is 0. The first-order chi connectivity index (χ1) is 28.2. The Morgan fingerprint density at radius 2 is 0.719 bits per heavy atom. The monoisotopic (exact) mass is 729 g/mol. The summed E-state index contributed by atoms with van der Waals surface area (Å²) in [6.07, 6.45) is 0. The van der Waals surface area contributed by atoms with E-state index >= 15 is 0 Å². The van der Waals surface area contributed by atoms with Crippen molar-refractivity contribution in [1.29, 1.82) is 0 Å². The van der Waals surface area contributed by atoms with Gasteiger partial charge in [-0.25, -0.2) is 0 Å². The second kappa shape index (κ2) is 13.6. The van der Waals surface area contributed by atoms with Crippen LogP contribution in [0.3, 0.4) is 0 Å². The molecule has 0 fully saturated rings. The predicted molar refractivity (Wildman–Crippen MR) is 237 cm³/mol. The van der Waals surface area contributed by atoms with Crippen molar-refractivity contribution < 1.29 is 8.83 Å². The summed E-state index contributed by atoms with van der Waals surface area (Å²) in [5, 5.41) is 5.87. The van der Waals surface area contributed by atoms with Crippen LogP contribution in [0.1, 0.15) is 0 Å². The van der Waals surface area contributed by atoms with Crippen molar-refractivity contribution in [2.75, 3.05) is 4.90 Å². The minimum absolute atomic E-state index is 0.861. The lowest BCUT2D eigenvalue weighted by Crippen LogP contribution is -2.09. The quantitative estimate of drug-likeness (QED) is 0.164. The first kappa shape index (κ1) is 32.8. The van der Waals surface area contributed by atoms with Crippen LogP contribution in [-0.2, 0) is 0 Å². The van der Waals surface area contributed by atoms with Gasteiger partial charge in [0.2, 0.25) is 0 Å². The molecule has 3 nitrogen and oxygen atoms in total. The average Bonchev–Trinajstić information content (AvgIpc) is 3.89. The lowest BCUT2D eigenvalue weighted by atomic mass is 9.98. The average molecular weight is 730 g/mol. The summed E-state index contributed by atoms with van der Waals surface area (Å²) >= 11 is 0. The van der Waals surface area contributed by atoms with Crippen LogP contribution in [0.2, 0.25) is 0 Å². The molecule has 0 spiro atoms. The minimum atomic E-state index is 0.861. The van der Waals surface area contributed by atoms with Gasteiger partial charge < -0.3 is 13.7 Å². The fourth-order valence-corrected chi connectivity index (χ4v) is 8.08. The maximum Gasteiger partial charge on any atom is 0.135 e. The topological polar surface area (TPSA) is 29.5 Å². The van der Waals surface area contributed by atoms with E-state index in [4.69, 9.17) is 8.83 Å². The highest BCUT2D eigenvalue weighted by molar-refractivity contribution is 6.06. The Bertz CT molecular complexity index is 3170. The van der Waals surface area contributed by atoms with E-state index in [-0.39, 0.29) is 0 Å². The highest BCUT2D eigenvalue weighted by Gasteiger charge is 2.15. The molecule has 0 aliphatic carbocycles. The molecule has 0 unspecified atom stereocenters. The molecule has 2 heterocycles. The van der Waals surface area contributed by atoms with E-state index in [1.807, 2.05) is 30.3 Å². The number of rotatable bonds is 7. The molecule has 3 heteroatoms. The number of benzene rings is 9. The van der Waals surface area contributed by atoms with Crippen molar-refractivity contribution >= 4 is 60.7 Å². The van der Waals surface area contributed by atoms with Gasteiger partial charge in [0.25, 0.3) is 0 Å². The third kappa shape index (κ3) is 6.03. The van der Waals surface area contributed by atoms with Crippen LogP contribution in [0.5, 0.6) is 0 Å². The zero-order chi connectivity index (χ0) is 37.7. The number of anilines is 3. The minimum Gasteiger partial charge on any atom is -0.456 e. The standard InChI is InChI=1S/C54H35NO2/c1-2-8-42-33-43(18-17-36(42)7-1)40-21-28-47(29-22-40)55(48-30-23-41(24-31-48)54-35-45-9-3-5-11-51(45)56-54)46-26-19-38(20-27-46)37-13-15-39(16-14-37)44-25-32-53-50(34-44)49-10-4-6-12-52(49)57-53/h1-35H. The molecular weight excluding hydrogens is 695 g/mol. The van der Waals surface area contributed by atoms with E-state index in [0.717, 1.165) is 66.9 Å². The zero-order valence-electron chi connectivity index (χ0n) is 31.0. The van der Waals surface area contributed by atoms with Crippen molar-refractivity contribution in [2.24, 2.45) is 0 Å². The largest absolute Gasteiger partial charge is 0.456 e. The van der Waals surface area contributed by atoms with Crippen molar-refractivity contribution in [2.45, 2.75) is 0 Å². The molecule has 0 aliphatic heterocycles. The molecule has 57 heavy (non-hydrogen) atoms. The lowest BCUT2D eigenvalue weighted by Gasteiger charge is -2.26. The Morgan fingerprint density at radius 1 is 0.263 bits per heavy atom. The van der Waals surface area contributed by atoms with Gasteiger partial charge in [-0.3, -0.25) is 0 Å². The van der Waals surface area contributed by atoms with Gasteiger partial charge in [-0.2, -0.15) is 0 Å². The second-order valence-electron chi connectivity index (χ2n) is 14.6. The number of hydrogen-bond donors (Lipinski definition) is 0. The van der Waals surface area contributed by atoms with Crippen LogP contribution in [0, 0.1) is 0 Å². The summed E-state index contributed by atoms with van der Waals surface area (Å²) in [5.41, 5.74) is 14.0. The number of fused-ring (bicyclic) bond motifs is 5. The van der Waals surface area contributed by atoms with Crippen molar-refractivity contribution in [3.63, 3.8) is 0 Å². The molecule has 9 aromatic carbocycles. The van der Waals surface area contributed by atoms with Gasteiger partial charge in [0, 0.05) is 38.8 Å². The normalized spacial score (nSPS) is 11.5. The molecule has 0 saturated heterocycles. The van der Waals surface area contributed by atoms with E-state index in [2.05, 4.69) is 187 Å². The molecule has 2 aromatic heterocycles. The molecule has 0 aliphatic rings. The first-order valence-electron chi connectivity index (χ1n) is 19.3. The molecule has 11 rings (SSSR count). The SMILES string of the molecule is c1ccc2cc(-c3ccc(N(c4ccc(-c5ccc(-c6ccc7oc8ccccc8c7c6)cc5)cc4)c4ccc(-c5cc6ccccc6o5)cc4)cc3)ccc2c1. The maximum absolute atomic E-state index is 6.20. The molecule has 0 bridgehead atoms. The molecule has 0 atom stereocenters. The predicted octanol–water partition coefficient (Wildman–Crippen LogP) is 15.6. The van der Waals surface area contributed by atoms with Gasteiger partial charge in [-0.15, -0.1) is 0 Å².